The molecule has 0 aliphatic carbocycles. The van der Waals surface area contributed by atoms with Crippen molar-refractivity contribution in [2.75, 3.05) is 17.2 Å². The first kappa shape index (κ1) is 25.7. The number of thioether (sulfide) groups is 1. The zero-order valence-electron chi connectivity index (χ0n) is 21.9. The van der Waals surface area contributed by atoms with E-state index in [0.717, 1.165) is 47.5 Å². The maximum absolute atomic E-state index is 13.3. The number of para-hydroxylation sites is 1. The van der Waals surface area contributed by atoms with E-state index in [9.17, 15) is 9.59 Å². The molecule has 0 saturated heterocycles. The summed E-state index contributed by atoms with van der Waals surface area (Å²) in [5, 5.41) is 12.4. The van der Waals surface area contributed by atoms with E-state index in [0.29, 0.717) is 16.5 Å². The normalized spacial score (nSPS) is 12.8. The van der Waals surface area contributed by atoms with Crippen LogP contribution in [0.5, 0.6) is 0 Å². The lowest BCUT2D eigenvalue weighted by molar-refractivity contribution is -0.116. The SMILES string of the molecule is Cc1cccc(-n2c(CNC(=O)c3ccc(C)c(C)c3)nnc2SCC(=O)N2CCCc3ccccc32)c1. The summed E-state index contributed by atoms with van der Waals surface area (Å²) in [7, 11) is 0. The van der Waals surface area contributed by atoms with Crippen LogP contribution in [0.15, 0.2) is 71.9 Å². The largest absolute Gasteiger partial charge is 0.345 e. The van der Waals surface area contributed by atoms with Crippen LogP contribution in [0, 0.1) is 20.8 Å². The molecule has 38 heavy (non-hydrogen) atoms. The number of nitrogens with one attached hydrogen (secondary N) is 1. The highest BCUT2D eigenvalue weighted by Gasteiger charge is 2.24. The third-order valence-corrected chi connectivity index (χ3v) is 7.79. The zero-order valence-corrected chi connectivity index (χ0v) is 22.7. The van der Waals surface area contributed by atoms with Gasteiger partial charge >= 0.3 is 0 Å². The highest BCUT2D eigenvalue weighted by atomic mass is 32.2. The molecule has 5 rings (SSSR count). The summed E-state index contributed by atoms with van der Waals surface area (Å²) in [6.07, 6.45) is 1.95. The van der Waals surface area contributed by atoms with Crippen LogP contribution in [0.3, 0.4) is 0 Å². The number of fused-ring (bicyclic) bond motifs is 1. The van der Waals surface area contributed by atoms with Crippen molar-refractivity contribution in [2.45, 2.75) is 45.3 Å². The Balaban J connectivity index is 1.35. The van der Waals surface area contributed by atoms with Crippen molar-refractivity contribution in [3.63, 3.8) is 0 Å². The molecule has 194 valence electrons. The smallest absolute Gasteiger partial charge is 0.251 e. The lowest BCUT2D eigenvalue weighted by Crippen LogP contribution is -2.36. The summed E-state index contributed by atoms with van der Waals surface area (Å²) in [6.45, 7) is 6.97. The van der Waals surface area contributed by atoms with Gasteiger partial charge in [-0.15, -0.1) is 10.2 Å². The monoisotopic (exact) mass is 525 g/mol. The van der Waals surface area contributed by atoms with Crippen LogP contribution in [0.1, 0.15) is 44.9 Å². The highest BCUT2D eigenvalue weighted by Crippen LogP contribution is 2.29. The van der Waals surface area contributed by atoms with Gasteiger partial charge in [-0.3, -0.25) is 14.2 Å². The summed E-state index contributed by atoms with van der Waals surface area (Å²) in [5.41, 5.74) is 7.02. The fourth-order valence-electron chi connectivity index (χ4n) is 4.68. The molecular weight excluding hydrogens is 494 g/mol. The zero-order chi connectivity index (χ0) is 26.6. The van der Waals surface area contributed by atoms with Crippen molar-refractivity contribution in [1.29, 1.82) is 0 Å². The lowest BCUT2D eigenvalue weighted by atomic mass is 10.0. The summed E-state index contributed by atoms with van der Waals surface area (Å²) in [4.78, 5) is 28.0. The fraction of sp³-hybridized carbons (Fsp3) is 0.267. The van der Waals surface area contributed by atoms with Crippen molar-refractivity contribution < 1.29 is 9.59 Å². The third kappa shape index (κ3) is 5.50. The van der Waals surface area contributed by atoms with Gasteiger partial charge in [0, 0.05) is 23.5 Å². The Bertz CT molecular complexity index is 1500. The molecule has 1 aromatic heterocycles. The minimum atomic E-state index is -0.167. The van der Waals surface area contributed by atoms with Gasteiger partial charge in [-0.2, -0.15) is 0 Å². The van der Waals surface area contributed by atoms with Gasteiger partial charge in [0.1, 0.15) is 0 Å². The van der Waals surface area contributed by atoms with Gasteiger partial charge in [-0.25, -0.2) is 0 Å². The third-order valence-electron chi connectivity index (χ3n) is 6.87. The standard InChI is InChI=1S/C30H31N5O2S/c1-20-8-6-11-25(16-20)35-27(18-31-29(37)24-14-13-21(2)22(3)17-24)32-33-30(35)38-19-28(36)34-15-7-10-23-9-4-5-12-26(23)34/h4-6,8-9,11-14,16-17H,7,10,15,18-19H2,1-3H3,(H,31,37). The average Bonchev–Trinajstić information content (AvgIpc) is 3.34. The van der Waals surface area contributed by atoms with Gasteiger partial charge in [-0.05, 0) is 86.2 Å². The van der Waals surface area contributed by atoms with Crippen LogP contribution in [-0.2, 0) is 17.8 Å². The maximum Gasteiger partial charge on any atom is 0.251 e. The first-order valence-electron chi connectivity index (χ1n) is 12.8. The number of benzene rings is 3. The Hall–Kier alpha value is -3.91. The number of anilines is 1. The maximum atomic E-state index is 13.3. The van der Waals surface area contributed by atoms with Crippen molar-refractivity contribution >= 4 is 29.3 Å². The Morgan fingerprint density at radius 1 is 0.947 bits per heavy atom. The molecule has 0 atom stereocenters. The van der Waals surface area contributed by atoms with Gasteiger partial charge in [0.15, 0.2) is 11.0 Å². The second-order valence-electron chi connectivity index (χ2n) is 9.62. The van der Waals surface area contributed by atoms with Crippen LogP contribution >= 0.6 is 11.8 Å². The van der Waals surface area contributed by atoms with E-state index in [1.54, 1.807) is 0 Å². The van der Waals surface area contributed by atoms with Crippen LogP contribution in [0.4, 0.5) is 5.69 Å². The van der Waals surface area contributed by atoms with Crippen molar-refractivity contribution in [3.8, 4) is 5.69 Å². The second kappa shape index (κ2) is 11.2. The molecule has 0 spiro atoms. The molecule has 0 fully saturated rings. The van der Waals surface area contributed by atoms with Crippen molar-refractivity contribution in [1.82, 2.24) is 20.1 Å². The molecule has 8 heteroatoms. The van der Waals surface area contributed by atoms with E-state index in [-0.39, 0.29) is 24.1 Å². The minimum absolute atomic E-state index is 0.0468. The molecule has 3 aromatic carbocycles. The van der Waals surface area contributed by atoms with Crippen LogP contribution in [0.25, 0.3) is 5.69 Å². The number of aryl methyl sites for hydroxylation is 4. The molecule has 0 unspecified atom stereocenters. The van der Waals surface area contributed by atoms with Crippen LogP contribution < -0.4 is 10.2 Å². The molecule has 1 N–H and O–H groups in total. The summed E-state index contributed by atoms with van der Waals surface area (Å²) in [6, 6.07) is 21.8. The fourth-order valence-corrected chi connectivity index (χ4v) is 5.52. The topological polar surface area (TPSA) is 80.1 Å². The Kier molecular flexibility index (Phi) is 7.60. The van der Waals surface area contributed by atoms with Crippen LogP contribution in [0.2, 0.25) is 0 Å². The predicted octanol–water partition coefficient (Wildman–Crippen LogP) is 5.19. The highest BCUT2D eigenvalue weighted by molar-refractivity contribution is 7.99. The number of carbonyl (C=O) groups excluding carboxylic acids is 2. The number of rotatable bonds is 7. The average molecular weight is 526 g/mol. The van der Waals surface area contributed by atoms with Crippen molar-refractivity contribution in [2.24, 2.45) is 0 Å². The molecule has 7 nitrogen and oxygen atoms in total. The Labute approximate surface area is 227 Å². The summed E-state index contributed by atoms with van der Waals surface area (Å²) >= 11 is 1.36. The van der Waals surface area contributed by atoms with Gasteiger partial charge in [0.2, 0.25) is 5.91 Å². The van der Waals surface area contributed by atoms with E-state index in [4.69, 9.17) is 0 Å². The van der Waals surface area contributed by atoms with E-state index in [1.165, 1.54) is 17.3 Å². The summed E-state index contributed by atoms with van der Waals surface area (Å²) in [5.74, 6) is 0.726. The quantitative estimate of drug-likeness (QED) is 0.336. The molecule has 4 aromatic rings. The minimum Gasteiger partial charge on any atom is -0.345 e. The predicted molar refractivity (Wildman–Crippen MR) is 151 cm³/mol. The molecule has 2 heterocycles. The lowest BCUT2D eigenvalue weighted by Gasteiger charge is -2.29. The first-order chi connectivity index (χ1) is 18.4. The van der Waals surface area contributed by atoms with E-state index in [1.807, 2.05) is 90.9 Å². The second-order valence-corrected chi connectivity index (χ2v) is 10.6. The molecule has 0 radical (unpaired) electrons. The van der Waals surface area contributed by atoms with E-state index < -0.39 is 0 Å². The van der Waals surface area contributed by atoms with E-state index in [2.05, 4.69) is 21.6 Å². The van der Waals surface area contributed by atoms with Crippen molar-refractivity contribution in [3.05, 3.63) is 100 Å². The number of carbonyl (C=O) groups is 2. The molecule has 0 saturated carbocycles. The first-order valence-corrected chi connectivity index (χ1v) is 13.8. The van der Waals surface area contributed by atoms with Gasteiger partial charge in [0.05, 0.1) is 12.3 Å². The number of amides is 2. The van der Waals surface area contributed by atoms with Gasteiger partial charge in [-0.1, -0.05) is 48.2 Å². The van der Waals surface area contributed by atoms with Gasteiger partial charge < -0.3 is 10.2 Å². The van der Waals surface area contributed by atoms with E-state index >= 15 is 0 Å². The molecule has 0 bridgehead atoms. The Morgan fingerprint density at radius 3 is 2.61 bits per heavy atom. The molecular formula is C30H31N5O2S. The molecule has 1 aliphatic heterocycles. The molecule has 1 aliphatic rings. The molecule has 2 amide bonds. The summed E-state index contributed by atoms with van der Waals surface area (Å²) < 4.78 is 1.93. The van der Waals surface area contributed by atoms with Gasteiger partial charge in [0.25, 0.3) is 5.91 Å². The van der Waals surface area contributed by atoms with Crippen LogP contribution in [-0.4, -0.2) is 38.9 Å². The number of hydrogen-bond acceptors (Lipinski definition) is 5. The Morgan fingerprint density at radius 2 is 1.79 bits per heavy atom. The number of hydrogen-bond donors (Lipinski definition) is 1. The number of aromatic nitrogens is 3. The number of nitrogens with zero attached hydrogens (tertiary/aromatic N) is 4.